The highest BCUT2D eigenvalue weighted by Gasteiger charge is 2.33. The Morgan fingerprint density at radius 1 is 1.32 bits per heavy atom. The molecule has 10 heteroatoms. The predicted octanol–water partition coefficient (Wildman–Crippen LogP) is 3.56. The Kier molecular flexibility index (Phi) is 5.18. The first kappa shape index (κ1) is 20.2. The third-order valence-electron chi connectivity index (χ3n) is 4.55. The highest BCUT2D eigenvalue weighted by atomic mass is 32.1. The second-order valence-electron chi connectivity index (χ2n) is 6.71. The van der Waals surface area contributed by atoms with Gasteiger partial charge in [-0.1, -0.05) is 6.92 Å². The smallest absolute Gasteiger partial charge is 0.352 e. The topological polar surface area (TPSA) is 76.9 Å². The number of pyridine rings is 1. The normalized spacial score (nSPS) is 13.2. The van der Waals surface area contributed by atoms with Crippen LogP contribution >= 0.6 is 11.3 Å². The molecule has 0 bridgehead atoms. The molecule has 0 aliphatic carbocycles. The van der Waals surface area contributed by atoms with Crippen molar-refractivity contribution in [2.45, 2.75) is 52.9 Å². The van der Waals surface area contributed by atoms with Crippen molar-refractivity contribution in [1.29, 1.82) is 0 Å². The van der Waals surface area contributed by atoms with Crippen LogP contribution in [0.1, 0.15) is 37.4 Å². The molecule has 3 aromatic heterocycles. The van der Waals surface area contributed by atoms with Gasteiger partial charge in [-0.25, -0.2) is 9.97 Å². The van der Waals surface area contributed by atoms with E-state index in [1.165, 1.54) is 11.5 Å². The maximum absolute atomic E-state index is 13.1. The number of nitrogens with one attached hydrogen (secondary N) is 1. The number of carbonyl (C=O) groups excluding carboxylic acids is 1. The zero-order valence-electron chi connectivity index (χ0n) is 15.8. The third kappa shape index (κ3) is 3.60. The van der Waals surface area contributed by atoms with Gasteiger partial charge >= 0.3 is 6.18 Å². The minimum atomic E-state index is -4.58. The van der Waals surface area contributed by atoms with Crippen molar-refractivity contribution in [2.24, 2.45) is 0 Å². The van der Waals surface area contributed by atoms with Crippen molar-refractivity contribution >= 4 is 37.7 Å². The van der Waals surface area contributed by atoms with Crippen molar-refractivity contribution in [3.63, 3.8) is 0 Å². The van der Waals surface area contributed by atoms with Crippen LogP contribution in [0.25, 0.3) is 20.4 Å². The summed E-state index contributed by atoms with van der Waals surface area (Å²) < 4.78 is 40.6. The van der Waals surface area contributed by atoms with Crippen LogP contribution in [0.15, 0.2) is 10.9 Å². The Balaban J connectivity index is 2.16. The highest BCUT2D eigenvalue weighted by molar-refractivity contribution is 7.25. The number of alkyl halides is 3. The van der Waals surface area contributed by atoms with Crippen LogP contribution < -0.4 is 10.9 Å². The monoisotopic (exact) mass is 412 g/mol. The molecule has 3 heterocycles. The summed E-state index contributed by atoms with van der Waals surface area (Å²) in [5, 5.41) is 3.21. The van der Waals surface area contributed by atoms with Gasteiger partial charge in [0, 0.05) is 11.4 Å². The molecule has 0 aliphatic rings. The highest BCUT2D eigenvalue weighted by Crippen LogP contribution is 2.36. The van der Waals surface area contributed by atoms with E-state index in [4.69, 9.17) is 0 Å². The first-order valence-corrected chi connectivity index (χ1v) is 9.52. The summed E-state index contributed by atoms with van der Waals surface area (Å²) >= 11 is 0.862. The van der Waals surface area contributed by atoms with Crippen LogP contribution in [-0.4, -0.2) is 26.5 Å². The van der Waals surface area contributed by atoms with Crippen LogP contribution in [0, 0.1) is 13.8 Å². The Bertz CT molecular complexity index is 1130. The molecule has 1 atom stereocenters. The molecule has 3 rings (SSSR count). The lowest BCUT2D eigenvalue weighted by Gasteiger charge is -2.13. The molecule has 1 amide bonds. The summed E-state index contributed by atoms with van der Waals surface area (Å²) in [6.07, 6.45) is -3.83. The molecule has 150 valence electrons. The van der Waals surface area contributed by atoms with E-state index in [1.54, 1.807) is 6.92 Å². The molecular weight excluding hydrogens is 393 g/mol. The zero-order valence-corrected chi connectivity index (χ0v) is 16.6. The molecule has 28 heavy (non-hydrogen) atoms. The van der Waals surface area contributed by atoms with E-state index in [9.17, 15) is 22.8 Å². The lowest BCUT2D eigenvalue weighted by atomic mass is 10.1. The summed E-state index contributed by atoms with van der Waals surface area (Å²) in [7, 11) is 0. The molecule has 0 aromatic carbocycles. The number of thiophene rings is 1. The van der Waals surface area contributed by atoms with E-state index in [2.05, 4.69) is 15.3 Å². The number of amides is 1. The quantitative estimate of drug-likeness (QED) is 0.711. The van der Waals surface area contributed by atoms with Crippen LogP contribution in [0.5, 0.6) is 0 Å². The van der Waals surface area contributed by atoms with Gasteiger partial charge < -0.3 is 5.32 Å². The van der Waals surface area contributed by atoms with Gasteiger partial charge in [0.2, 0.25) is 5.91 Å². The first-order chi connectivity index (χ1) is 13.0. The Morgan fingerprint density at radius 2 is 2.00 bits per heavy atom. The third-order valence-corrected chi connectivity index (χ3v) is 5.61. The summed E-state index contributed by atoms with van der Waals surface area (Å²) in [6.45, 7) is 6.71. The predicted molar refractivity (Wildman–Crippen MR) is 102 cm³/mol. The van der Waals surface area contributed by atoms with E-state index in [1.807, 2.05) is 13.8 Å². The number of hydrogen-bond acceptors (Lipinski definition) is 5. The molecule has 0 spiro atoms. The number of nitrogens with zero attached hydrogens (tertiary/aromatic N) is 3. The van der Waals surface area contributed by atoms with E-state index in [0.717, 1.165) is 23.8 Å². The van der Waals surface area contributed by atoms with Gasteiger partial charge in [-0.3, -0.25) is 14.2 Å². The van der Waals surface area contributed by atoms with Crippen molar-refractivity contribution < 1.29 is 18.0 Å². The number of aromatic nitrogens is 3. The minimum Gasteiger partial charge on any atom is -0.352 e. The molecule has 0 fully saturated rings. The summed E-state index contributed by atoms with van der Waals surface area (Å²) in [5.41, 5.74) is -0.797. The maximum Gasteiger partial charge on any atom is 0.433 e. The van der Waals surface area contributed by atoms with Gasteiger partial charge in [0.25, 0.3) is 5.56 Å². The standard InChI is InChI=1S/C18H19F3N4O2S/c1-5-9(3)22-12(26)7-25-10(4)23-14-13-8(2)6-11(18(19,20)21)24-16(13)28-15(14)17(25)27/h6,9H,5,7H2,1-4H3,(H,22,26)/t9-/m1/s1. The number of carbonyl (C=O) groups is 1. The van der Waals surface area contributed by atoms with Gasteiger partial charge in [0.1, 0.15) is 27.6 Å². The Labute approximate surface area is 162 Å². The number of fused-ring (bicyclic) bond motifs is 3. The molecule has 0 radical (unpaired) electrons. The van der Waals surface area contributed by atoms with E-state index >= 15 is 0 Å². The van der Waals surface area contributed by atoms with Crippen molar-refractivity contribution in [2.75, 3.05) is 0 Å². The lowest BCUT2D eigenvalue weighted by Crippen LogP contribution is -2.37. The maximum atomic E-state index is 13.1. The molecule has 3 aromatic rings. The minimum absolute atomic E-state index is 0.0304. The van der Waals surface area contributed by atoms with Gasteiger partial charge in [0.05, 0.1) is 5.52 Å². The van der Waals surface area contributed by atoms with Gasteiger partial charge in [-0.05, 0) is 38.8 Å². The summed E-state index contributed by atoms with van der Waals surface area (Å²) in [5.74, 6) is -0.00808. The Hall–Kier alpha value is -2.49. The van der Waals surface area contributed by atoms with E-state index < -0.39 is 17.4 Å². The molecule has 6 nitrogen and oxygen atoms in total. The fourth-order valence-electron chi connectivity index (χ4n) is 2.90. The van der Waals surface area contributed by atoms with Crippen LogP contribution in [0.3, 0.4) is 0 Å². The van der Waals surface area contributed by atoms with E-state index in [-0.39, 0.29) is 28.0 Å². The van der Waals surface area contributed by atoms with Crippen LogP contribution in [0.4, 0.5) is 13.2 Å². The number of hydrogen-bond donors (Lipinski definition) is 1. The van der Waals surface area contributed by atoms with Gasteiger partial charge in [-0.15, -0.1) is 11.3 Å². The molecule has 0 saturated carbocycles. The van der Waals surface area contributed by atoms with Crippen LogP contribution in [0.2, 0.25) is 0 Å². The molecule has 1 N–H and O–H groups in total. The second kappa shape index (κ2) is 7.16. The molecule has 0 unspecified atom stereocenters. The van der Waals surface area contributed by atoms with E-state index in [0.29, 0.717) is 22.3 Å². The van der Waals surface area contributed by atoms with Gasteiger partial charge in [0.15, 0.2) is 0 Å². The number of halogens is 3. The molecule has 0 saturated heterocycles. The summed E-state index contributed by atoms with van der Waals surface area (Å²) in [6, 6.07) is 0.925. The molecule has 0 aliphatic heterocycles. The van der Waals surface area contributed by atoms with Crippen molar-refractivity contribution in [1.82, 2.24) is 19.9 Å². The van der Waals surface area contributed by atoms with Crippen molar-refractivity contribution in [3.8, 4) is 0 Å². The number of aryl methyl sites for hydroxylation is 2. The summed E-state index contributed by atoms with van der Waals surface area (Å²) in [4.78, 5) is 33.3. The number of rotatable bonds is 4. The molecular formula is C18H19F3N4O2S. The van der Waals surface area contributed by atoms with Gasteiger partial charge in [-0.2, -0.15) is 13.2 Å². The first-order valence-electron chi connectivity index (χ1n) is 8.70. The van der Waals surface area contributed by atoms with Crippen molar-refractivity contribution in [3.05, 3.63) is 33.5 Å². The SMILES string of the molecule is CC[C@@H](C)NC(=O)Cn1c(C)nc2c(sc3nc(C(F)(F)F)cc(C)c32)c1=O. The second-order valence-corrected chi connectivity index (χ2v) is 7.71. The Morgan fingerprint density at radius 3 is 2.61 bits per heavy atom. The zero-order chi connectivity index (χ0) is 20.8. The fourth-order valence-corrected chi connectivity index (χ4v) is 4.04. The average Bonchev–Trinajstić information content (AvgIpc) is 2.96. The fraction of sp³-hybridized carbons (Fsp3) is 0.444. The lowest BCUT2D eigenvalue weighted by molar-refractivity contribution is -0.141. The largest absolute Gasteiger partial charge is 0.433 e. The van der Waals surface area contributed by atoms with Crippen LogP contribution in [-0.2, 0) is 17.5 Å². The average molecular weight is 412 g/mol.